The molecule has 0 aromatic heterocycles. The van der Waals surface area contributed by atoms with E-state index < -0.39 is 41.0 Å². The van der Waals surface area contributed by atoms with Gasteiger partial charge >= 0.3 is 18.0 Å². The predicted molar refractivity (Wildman–Crippen MR) is 52.9 cm³/mol. The number of benzene rings is 1. The van der Waals surface area contributed by atoms with E-state index in [1.165, 1.54) is 0 Å². The summed E-state index contributed by atoms with van der Waals surface area (Å²) in [6.07, 6.45) is -4.99. The molecule has 1 aromatic rings. The fraction of sp³-hybridized carbons (Fsp3) is 0.222. The van der Waals surface area contributed by atoms with Crippen LogP contribution in [0.2, 0.25) is 0 Å². The van der Waals surface area contributed by atoms with Crippen LogP contribution in [0.1, 0.15) is 0 Å². The molecule has 10 heteroatoms. The Kier molecular flexibility index (Phi) is 4.14. The smallest absolute Gasteiger partial charge is 0.479 e. The van der Waals surface area contributed by atoms with Crippen LogP contribution in [0, 0.1) is 10.1 Å². The average molecular weight is 281 g/mol. The second-order valence-electron chi connectivity index (χ2n) is 3.12. The van der Waals surface area contributed by atoms with Gasteiger partial charge in [-0.15, -0.1) is 13.2 Å². The summed E-state index contributed by atoms with van der Waals surface area (Å²) in [5.41, 5.74) is -0.831. The largest absolute Gasteiger partial charge is 0.573 e. The first kappa shape index (κ1) is 14.5. The molecule has 1 aromatic carbocycles. The summed E-state index contributed by atoms with van der Waals surface area (Å²) in [4.78, 5) is 19.9. The Labute approximate surface area is 103 Å². The molecule has 0 saturated heterocycles. The first-order valence-corrected chi connectivity index (χ1v) is 4.58. The number of ether oxygens (including phenoxy) is 2. The van der Waals surface area contributed by atoms with Crippen molar-refractivity contribution in [2.75, 3.05) is 6.61 Å². The van der Waals surface area contributed by atoms with Gasteiger partial charge in [0.15, 0.2) is 12.4 Å². The standard InChI is InChI=1S/C9H6F3NO6/c10-9(11,12)19-5-1-2-7(18-4-8(14)15)6(3-5)13(16)17/h1-3H,4H2,(H,14,15). The number of aliphatic carboxylic acids is 1. The van der Waals surface area contributed by atoms with E-state index in [1.54, 1.807) is 0 Å². The Balaban J connectivity index is 3.01. The molecule has 0 aliphatic heterocycles. The summed E-state index contributed by atoms with van der Waals surface area (Å²) < 4.78 is 43.8. The van der Waals surface area contributed by atoms with Crippen LogP contribution in [0.5, 0.6) is 11.5 Å². The number of halogens is 3. The number of carbonyl (C=O) groups is 1. The number of rotatable bonds is 5. The van der Waals surface area contributed by atoms with Crippen molar-refractivity contribution in [3.05, 3.63) is 28.3 Å². The molecule has 0 spiro atoms. The first-order chi connectivity index (χ1) is 8.69. The van der Waals surface area contributed by atoms with Gasteiger partial charge in [-0.1, -0.05) is 0 Å². The Hall–Kier alpha value is -2.52. The maximum absolute atomic E-state index is 11.9. The number of nitro benzene ring substituents is 1. The molecule has 0 amide bonds. The van der Waals surface area contributed by atoms with Crippen molar-refractivity contribution in [2.45, 2.75) is 6.36 Å². The lowest BCUT2D eigenvalue weighted by Crippen LogP contribution is -2.17. The molecule has 7 nitrogen and oxygen atoms in total. The zero-order chi connectivity index (χ0) is 14.6. The SMILES string of the molecule is O=C(O)COc1ccc(OC(F)(F)F)cc1[N+](=O)[O-]. The van der Waals surface area contributed by atoms with Gasteiger partial charge < -0.3 is 14.6 Å². The average Bonchev–Trinajstić information content (AvgIpc) is 2.24. The van der Waals surface area contributed by atoms with Crippen molar-refractivity contribution in [1.82, 2.24) is 0 Å². The van der Waals surface area contributed by atoms with Gasteiger partial charge in [0.1, 0.15) is 5.75 Å². The van der Waals surface area contributed by atoms with E-state index in [0.717, 1.165) is 12.1 Å². The van der Waals surface area contributed by atoms with E-state index in [4.69, 9.17) is 5.11 Å². The molecule has 1 rings (SSSR count). The quantitative estimate of drug-likeness (QED) is 0.654. The summed E-state index contributed by atoms with van der Waals surface area (Å²) in [6.45, 7) is -0.861. The molecule has 104 valence electrons. The zero-order valence-electron chi connectivity index (χ0n) is 9.01. The molecule has 0 radical (unpaired) electrons. The second-order valence-corrected chi connectivity index (χ2v) is 3.12. The van der Waals surface area contributed by atoms with Crippen LogP contribution in [0.3, 0.4) is 0 Å². The number of nitrogens with zero attached hydrogens (tertiary/aromatic N) is 1. The monoisotopic (exact) mass is 281 g/mol. The fourth-order valence-electron chi connectivity index (χ4n) is 1.10. The van der Waals surface area contributed by atoms with Gasteiger partial charge in [0, 0.05) is 0 Å². The molecule has 0 aliphatic carbocycles. The normalized spacial score (nSPS) is 10.9. The summed E-state index contributed by atoms with van der Waals surface area (Å²) in [6, 6.07) is 2.09. The number of carboxylic acid groups (broad SMARTS) is 1. The Morgan fingerprint density at radius 2 is 2.05 bits per heavy atom. The minimum Gasteiger partial charge on any atom is -0.479 e. The molecular formula is C9H6F3NO6. The van der Waals surface area contributed by atoms with Crippen LogP contribution in [0.15, 0.2) is 18.2 Å². The molecule has 19 heavy (non-hydrogen) atoms. The van der Waals surface area contributed by atoms with Crippen molar-refractivity contribution < 1.29 is 37.5 Å². The summed E-state index contributed by atoms with van der Waals surface area (Å²) in [5, 5.41) is 19.0. The van der Waals surface area contributed by atoms with Gasteiger partial charge in [0.05, 0.1) is 11.0 Å². The molecule has 0 bridgehead atoms. The van der Waals surface area contributed by atoms with Crippen LogP contribution < -0.4 is 9.47 Å². The Morgan fingerprint density at radius 3 is 2.53 bits per heavy atom. The Bertz CT molecular complexity index is 501. The van der Waals surface area contributed by atoms with Gasteiger partial charge in [0.2, 0.25) is 0 Å². The van der Waals surface area contributed by atoms with E-state index in [-0.39, 0.29) is 0 Å². The third-order valence-corrected chi connectivity index (χ3v) is 1.71. The number of nitro groups is 1. The number of hydrogen-bond acceptors (Lipinski definition) is 5. The topological polar surface area (TPSA) is 98.9 Å². The summed E-state index contributed by atoms with van der Waals surface area (Å²) >= 11 is 0. The first-order valence-electron chi connectivity index (χ1n) is 4.58. The fourth-order valence-corrected chi connectivity index (χ4v) is 1.10. The molecule has 0 atom stereocenters. The highest BCUT2D eigenvalue weighted by Crippen LogP contribution is 2.33. The molecule has 0 fully saturated rings. The van der Waals surface area contributed by atoms with Gasteiger partial charge in [-0.05, 0) is 12.1 Å². The van der Waals surface area contributed by atoms with E-state index >= 15 is 0 Å². The van der Waals surface area contributed by atoms with Crippen LogP contribution in [-0.4, -0.2) is 29.0 Å². The van der Waals surface area contributed by atoms with Crippen molar-refractivity contribution in [1.29, 1.82) is 0 Å². The number of hydrogen-bond donors (Lipinski definition) is 1. The summed E-state index contributed by atoms with van der Waals surface area (Å²) in [5.74, 6) is -2.66. The Morgan fingerprint density at radius 1 is 1.42 bits per heavy atom. The lowest BCUT2D eigenvalue weighted by molar-refractivity contribution is -0.386. The van der Waals surface area contributed by atoms with Crippen molar-refractivity contribution in [3.63, 3.8) is 0 Å². The van der Waals surface area contributed by atoms with E-state index in [9.17, 15) is 28.1 Å². The maximum atomic E-state index is 11.9. The van der Waals surface area contributed by atoms with Crippen molar-refractivity contribution in [2.24, 2.45) is 0 Å². The van der Waals surface area contributed by atoms with Gasteiger partial charge in [-0.2, -0.15) is 0 Å². The predicted octanol–water partition coefficient (Wildman–Crippen LogP) is 1.96. The number of carboxylic acids is 1. The number of alkyl halides is 3. The lowest BCUT2D eigenvalue weighted by Gasteiger charge is -2.10. The maximum Gasteiger partial charge on any atom is 0.573 e. The third-order valence-electron chi connectivity index (χ3n) is 1.71. The van der Waals surface area contributed by atoms with E-state index in [0.29, 0.717) is 6.07 Å². The molecule has 0 saturated carbocycles. The van der Waals surface area contributed by atoms with E-state index in [2.05, 4.69) is 9.47 Å². The molecular weight excluding hydrogens is 275 g/mol. The highest BCUT2D eigenvalue weighted by molar-refractivity contribution is 5.68. The molecule has 0 unspecified atom stereocenters. The molecule has 0 heterocycles. The minimum absolute atomic E-state index is 0.470. The van der Waals surface area contributed by atoms with Crippen LogP contribution in [0.25, 0.3) is 0 Å². The third kappa shape index (κ3) is 4.69. The van der Waals surface area contributed by atoms with Crippen LogP contribution >= 0.6 is 0 Å². The summed E-state index contributed by atoms with van der Waals surface area (Å²) in [7, 11) is 0. The molecule has 0 aliphatic rings. The zero-order valence-corrected chi connectivity index (χ0v) is 9.01. The van der Waals surface area contributed by atoms with E-state index in [1.807, 2.05) is 0 Å². The van der Waals surface area contributed by atoms with Gasteiger partial charge in [0.25, 0.3) is 0 Å². The lowest BCUT2D eigenvalue weighted by atomic mass is 10.3. The van der Waals surface area contributed by atoms with Crippen molar-refractivity contribution in [3.8, 4) is 11.5 Å². The van der Waals surface area contributed by atoms with Crippen LogP contribution in [-0.2, 0) is 4.79 Å². The van der Waals surface area contributed by atoms with Gasteiger partial charge in [-0.25, -0.2) is 4.79 Å². The highest BCUT2D eigenvalue weighted by Gasteiger charge is 2.32. The van der Waals surface area contributed by atoms with Crippen molar-refractivity contribution >= 4 is 11.7 Å². The van der Waals surface area contributed by atoms with Gasteiger partial charge in [-0.3, -0.25) is 10.1 Å². The highest BCUT2D eigenvalue weighted by atomic mass is 19.4. The van der Waals surface area contributed by atoms with Crippen LogP contribution in [0.4, 0.5) is 18.9 Å². The second kappa shape index (κ2) is 5.42. The molecule has 1 N–H and O–H groups in total. The minimum atomic E-state index is -4.99.